The molecule has 32 heavy (non-hydrogen) atoms. The summed E-state index contributed by atoms with van der Waals surface area (Å²) in [4.78, 5) is 10.2. The number of hydrogen-bond acceptors (Lipinski definition) is 7. The van der Waals surface area contributed by atoms with Gasteiger partial charge in [-0.25, -0.2) is 16.8 Å². The zero-order valence-corrected chi connectivity index (χ0v) is 21.5. The zero-order chi connectivity index (χ0) is 23.7. The van der Waals surface area contributed by atoms with E-state index in [9.17, 15) is 26.9 Å². The lowest BCUT2D eigenvalue weighted by Gasteiger charge is -2.30. The first-order valence-electron chi connectivity index (χ1n) is 9.44. The number of hydrogen-bond donors (Lipinski definition) is 1. The molecule has 0 saturated carbocycles. The van der Waals surface area contributed by atoms with Gasteiger partial charge in [0.15, 0.2) is 0 Å². The van der Waals surface area contributed by atoms with E-state index in [-0.39, 0.29) is 15.5 Å². The molecule has 2 aromatic rings. The summed E-state index contributed by atoms with van der Waals surface area (Å²) in [5.41, 5.74) is 5.81. The maximum atomic E-state index is 12.1. The number of nitro groups is 1. The van der Waals surface area contributed by atoms with Crippen LogP contribution >= 0.6 is 31.9 Å². The lowest BCUT2D eigenvalue weighted by molar-refractivity contribution is -0.385. The lowest BCUT2D eigenvalue weighted by atomic mass is 10.3. The van der Waals surface area contributed by atoms with Crippen molar-refractivity contribution in [3.05, 3.63) is 55.5 Å². The van der Waals surface area contributed by atoms with Gasteiger partial charge in [0.05, 0.1) is 9.82 Å². The van der Waals surface area contributed by atoms with Crippen LogP contribution in [0.4, 0.5) is 11.4 Å². The van der Waals surface area contributed by atoms with E-state index >= 15 is 0 Å². The van der Waals surface area contributed by atoms with Crippen LogP contribution in [0.25, 0.3) is 0 Å². The van der Waals surface area contributed by atoms with Crippen LogP contribution in [0.5, 0.6) is 0 Å². The fraction of sp³-hybridized carbons (Fsp3) is 0.333. The predicted octanol–water partition coefficient (Wildman–Crippen LogP) is 3.18. The van der Waals surface area contributed by atoms with Gasteiger partial charge < -0.3 is 5.73 Å². The summed E-state index contributed by atoms with van der Waals surface area (Å²) in [6.45, 7) is 2.14. The lowest BCUT2D eigenvalue weighted by Crippen LogP contribution is -2.42. The minimum Gasteiger partial charge on any atom is -0.399 e. The van der Waals surface area contributed by atoms with Gasteiger partial charge in [0.25, 0.3) is 5.69 Å². The Hall–Kier alpha value is -1.58. The van der Waals surface area contributed by atoms with Gasteiger partial charge in [-0.05, 0) is 69.0 Å². The number of non-ortho nitro benzene ring substituents is 1. The monoisotopic (exact) mass is 610 g/mol. The Labute approximate surface area is 202 Å². The van der Waals surface area contributed by atoms with Gasteiger partial charge in [-0.2, -0.15) is 8.61 Å². The Morgan fingerprint density at radius 3 is 1.66 bits per heavy atom. The fourth-order valence-electron chi connectivity index (χ4n) is 2.85. The van der Waals surface area contributed by atoms with Gasteiger partial charge in [0.2, 0.25) is 20.0 Å². The van der Waals surface area contributed by atoms with Crippen molar-refractivity contribution in [3.8, 4) is 0 Å². The Kier molecular flexibility index (Phi) is 7.62. The quantitative estimate of drug-likeness (QED) is 0.310. The number of anilines is 1. The van der Waals surface area contributed by atoms with Crippen molar-refractivity contribution in [2.75, 3.05) is 31.9 Å². The minimum absolute atomic E-state index is 0.0496. The van der Waals surface area contributed by atoms with Gasteiger partial charge in [-0.3, -0.25) is 10.1 Å². The normalized spacial score (nSPS) is 16.9. The first-order valence-corrected chi connectivity index (χ1v) is 13.9. The number of benzene rings is 2. The van der Waals surface area contributed by atoms with Gasteiger partial charge in [0, 0.05) is 52.9 Å². The number of sulfonamides is 2. The minimum atomic E-state index is -3.61. The predicted molar refractivity (Wildman–Crippen MR) is 126 cm³/mol. The van der Waals surface area contributed by atoms with Gasteiger partial charge in [0.1, 0.15) is 4.90 Å². The standard InChI is InChI=1S/C9H9BrN2O4S.C9H11BrN2O2S/c10-8-3-2-7(12(13)14)6-9(8)17(15,16)11-4-1-5-11;10-8-3-2-7(11)6-9(8)15(13,14)12-4-1-5-12/h2-3,6H,1,4-5H2;2-3,6H,1,4-5,11H2. The third-order valence-electron chi connectivity index (χ3n) is 4.95. The number of nitrogens with zero attached hydrogens (tertiary/aromatic N) is 3. The first-order chi connectivity index (χ1) is 14.9. The summed E-state index contributed by atoms with van der Waals surface area (Å²) < 4.78 is 51.9. The Morgan fingerprint density at radius 2 is 1.25 bits per heavy atom. The molecule has 14 heteroatoms. The Balaban J connectivity index is 0.000000182. The van der Waals surface area contributed by atoms with Crippen LogP contribution in [0, 0.1) is 10.1 Å². The third-order valence-corrected chi connectivity index (χ3v) is 10.7. The summed E-state index contributed by atoms with van der Waals surface area (Å²) in [5.74, 6) is 0. The molecule has 2 aliphatic heterocycles. The second kappa shape index (κ2) is 9.73. The average molecular weight is 612 g/mol. The van der Waals surface area contributed by atoms with Crippen LogP contribution in [-0.2, 0) is 20.0 Å². The summed E-state index contributed by atoms with van der Waals surface area (Å²) in [7, 11) is -6.96. The van der Waals surface area contributed by atoms with E-state index in [2.05, 4.69) is 31.9 Å². The summed E-state index contributed by atoms with van der Waals surface area (Å²) >= 11 is 6.33. The van der Waals surface area contributed by atoms with Crippen molar-refractivity contribution >= 4 is 63.3 Å². The van der Waals surface area contributed by atoms with Crippen LogP contribution in [-0.4, -0.2) is 56.5 Å². The van der Waals surface area contributed by atoms with Gasteiger partial charge in [-0.1, -0.05) is 0 Å². The van der Waals surface area contributed by atoms with Crippen LogP contribution in [0.1, 0.15) is 12.8 Å². The van der Waals surface area contributed by atoms with Crippen molar-refractivity contribution in [1.82, 2.24) is 8.61 Å². The summed E-state index contributed by atoms with van der Waals surface area (Å²) in [5, 5.41) is 10.6. The first kappa shape index (κ1) is 25.1. The van der Waals surface area contributed by atoms with Crippen LogP contribution in [0.2, 0.25) is 0 Å². The van der Waals surface area contributed by atoms with Crippen molar-refractivity contribution in [3.63, 3.8) is 0 Å². The van der Waals surface area contributed by atoms with Crippen LogP contribution in [0.3, 0.4) is 0 Å². The Bertz CT molecular complexity index is 1250. The van der Waals surface area contributed by atoms with Crippen LogP contribution in [0.15, 0.2) is 55.1 Å². The van der Waals surface area contributed by atoms with E-state index in [1.165, 1.54) is 26.8 Å². The van der Waals surface area contributed by atoms with E-state index in [1.54, 1.807) is 12.1 Å². The van der Waals surface area contributed by atoms with E-state index < -0.39 is 25.0 Å². The molecule has 10 nitrogen and oxygen atoms in total. The number of rotatable bonds is 5. The van der Waals surface area contributed by atoms with E-state index in [1.807, 2.05) is 0 Å². The molecule has 0 aliphatic carbocycles. The molecule has 0 bridgehead atoms. The largest absolute Gasteiger partial charge is 0.399 e. The number of halogens is 2. The highest BCUT2D eigenvalue weighted by atomic mass is 79.9. The highest BCUT2D eigenvalue weighted by Crippen LogP contribution is 2.31. The van der Waals surface area contributed by atoms with Crippen molar-refractivity contribution in [2.24, 2.45) is 0 Å². The molecule has 2 aromatic carbocycles. The third kappa shape index (κ3) is 5.15. The van der Waals surface area contributed by atoms with Crippen molar-refractivity contribution in [1.29, 1.82) is 0 Å². The van der Waals surface area contributed by atoms with Crippen LogP contribution < -0.4 is 5.73 Å². The van der Waals surface area contributed by atoms with E-state index in [0.29, 0.717) is 40.8 Å². The molecule has 0 spiro atoms. The van der Waals surface area contributed by atoms with Gasteiger partial charge in [-0.15, -0.1) is 0 Å². The second-order valence-electron chi connectivity index (χ2n) is 7.08. The molecule has 4 rings (SSSR count). The molecule has 2 N–H and O–H groups in total. The molecule has 0 amide bonds. The van der Waals surface area contributed by atoms with Gasteiger partial charge >= 0.3 is 0 Å². The summed E-state index contributed by atoms with van der Waals surface area (Å²) in [6.07, 6.45) is 1.75. The SMILES string of the molecule is Nc1ccc(Br)c(S(=O)(=O)N2CCC2)c1.O=[N+]([O-])c1ccc(Br)c(S(=O)(=O)N2CCC2)c1. The highest BCUT2D eigenvalue weighted by molar-refractivity contribution is 9.10. The molecule has 2 aliphatic rings. The number of nitrogen functional groups attached to an aromatic ring is 1. The molecule has 2 saturated heterocycles. The number of nitrogens with two attached hydrogens (primary N) is 1. The second-order valence-corrected chi connectivity index (χ2v) is 12.6. The molecule has 2 fully saturated rings. The molecule has 0 atom stereocenters. The summed E-state index contributed by atoms with van der Waals surface area (Å²) in [6, 6.07) is 8.53. The molecule has 0 aromatic heterocycles. The highest BCUT2D eigenvalue weighted by Gasteiger charge is 2.32. The van der Waals surface area contributed by atoms with E-state index in [4.69, 9.17) is 5.73 Å². The molecular weight excluding hydrogens is 592 g/mol. The molecular formula is C18H20Br2N4O6S2. The Morgan fingerprint density at radius 1 is 0.812 bits per heavy atom. The maximum Gasteiger partial charge on any atom is 0.270 e. The molecule has 0 unspecified atom stereocenters. The zero-order valence-electron chi connectivity index (χ0n) is 16.6. The number of nitro benzene ring substituents is 1. The smallest absolute Gasteiger partial charge is 0.270 e. The molecule has 174 valence electrons. The average Bonchev–Trinajstić information content (AvgIpc) is 2.60. The topological polar surface area (TPSA) is 144 Å². The maximum absolute atomic E-state index is 12.1. The molecule has 0 radical (unpaired) electrons. The van der Waals surface area contributed by atoms with Crippen molar-refractivity contribution in [2.45, 2.75) is 22.6 Å². The van der Waals surface area contributed by atoms with Crippen molar-refractivity contribution < 1.29 is 21.8 Å². The fourth-order valence-corrected chi connectivity index (χ4v) is 7.79. The van der Waals surface area contributed by atoms with E-state index in [0.717, 1.165) is 18.9 Å². The molecule has 2 heterocycles.